The molecule has 0 saturated heterocycles. The second kappa shape index (κ2) is 5.14. The number of hydrogen-bond acceptors (Lipinski definition) is 0. The number of hydrogen-bond donors (Lipinski definition) is 0. The third-order valence-corrected chi connectivity index (χ3v) is 1.27. The van der Waals surface area contributed by atoms with Crippen LogP contribution in [-0.2, 0) is 0 Å². The molecule has 0 heterocycles. The van der Waals surface area contributed by atoms with Crippen molar-refractivity contribution < 1.29 is 0 Å². The minimum atomic E-state index is 0. The van der Waals surface area contributed by atoms with E-state index in [1.807, 2.05) is 25.1 Å². The van der Waals surface area contributed by atoms with Crippen molar-refractivity contribution in [2.24, 2.45) is 0 Å². The Morgan fingerprint density at radius 2 is 1.70 bits per heavy atom. The zero-order valence-electron chi connectivity index (χ0n) is 6.30. The van der Waals surface area contributed by atoms with Crippen molar-refractivity contribution >= 4 is 51.1 Å². The Hall–Kier alpha value is 0.441. The van der Waals surface area contributed by atoms with Crippen LogP contribution in [-0.4, -0.2) is 45.5 Å². The van der Waals surface area contributed by atoms with E-state index in [2.05, 4.69) is 18.7 Å². The second-order valence-electron chi connectivity index (χ2n) is 2.15. The number of rotatable bonds is 1. The van der Waals surface area contributed by atoms with Gasteiger partial charge in [-0.3, -0.25) is 0 Å². The SMILES string of the molecule is C=C(C)c1ccccc1.[Sr+2]. The molecule has 0 aliphatic carbocycles. The van der Waals surface area contributed by atoms with E-state index in [4.69, 9.17) is 0 Å². The number of benzene rings is 1. The average Bonchev–Trinajstić information content (AvgIpc) is 1.90. The zero-order chi connectivity index (χ0) is 6.69. The maximum Gasteiger partial charge on any atom is 2.00 e. The maximum absolute atomic E-state index is 3.83. The molecule has 0 saturated carbocycles. The minimum Gasteiger partial charge on any atom is -0.0955 e. The molecule has 0 atom stereocenters. The Balaban J connectivity index is 0.000000810. The average molecular weight is 206 g/mol. The van der Waals surface area contributed by atoms with Crippen LogP contribution in [0.2, 0.25) is 0 Å². The first kappa shape index (κ1) is 10.4. The Labute approximate surface area is 99.2 Å². The van der Waals surface area contributed by atoms with Crippen molar-refractivity contribution in [2.75, 3.05) is 0 Å². The fourth-order valence-electron chi connectivity index (χ4n) is 0.723. The van der Waals surface area contributed by atoms with Crippen LogP contribution >= 0.6 is 0 Å². The molecule has 0 N–H and O–H groups in total. The molecule has 0 bridgehead atoms. The van der Waals surface area contributed by atoms with E-state index in [9.17, 15) is 0 Å². The van der Waals surface area contributed by atoms with Crippen molar-refractivity contribution in [1.29, 1.82) is 0 Å². The van der Waals surface area contributed by atoms with Gasteiger partial charge in [-0.05, 0) is 12.5 Å². The molecule has 0 amide bonds. The van der Waals surface area contributed by atoms with Crippen LogP contribution in [0.1, 0.15) is 12.5 Å². The molecule has 1 aromatic rings. The van der Waals surface area contributed by atoms with Crippen molar-refractivity contribution in [3.05, 3.63) is 42.5 Å². The molecular formula is C9H10Sr+2. The molecule has 0 aliphatic rings. The molecule has 0 aromatic heterocycles. The van der Waals surface area contributed by atoms with Crippen LogP contribution in [0, 0.1) is 0 Å². The van der Waals surface area contributed by atoms with Crippen molar-refractivity contribution in [1.82, 2.24) is 0 Å². The molecule has 1 aromatic carbocycles. The predicted molar refractivity (Wildman–Crippen MR) is 46.9 cm³/mol. The summed E-state index contributed by atoms with van der Waals surface area (Å²) in [4.78, 5) is 0. The first-order valence-corrected chi connectivity index (χ1v) is 3.01. The third kappa shape index (κ3) is 3.02. The van der Waals surface area contributed by atoms with E-state index in [0.717, 1.165) is 5.57 Å². The Morgan fingerprint density at radius 3 is 2.00 bits per heavy atom. The van der Waals surface area contributed by atoms with Crippen molar-refractivity contribution in [3.8, 4) is 0 Å². The van der Waals surface area contributed by atoms with Gasteiger partial charge in [0.15, 0.2) is 0 Å². The molecule has 0 radical (unpaired) electrons. The van der Waals surface area contributed by atoms with Gasteiger partial charge in [-0.2, -0.15) is 0 Å². The van der Waals surface area contributed by atoms with E-state index < -0.39 is 0 Å². The van der Waals surface area contributed by atoms with Crippen LogP contribution in [0.3, 0.4) is 0 Å². The Morgan fingerprint density at radius 1 is 1.20 bits per heavy atom. The Kier molecular flexibility index (Phi) is 5.36. The molecule has 1 rings (SSSR count). The van der Waals surface area contributed by atoms with Gasteiger partial charge in [0, 0.05) is 0 Å². The Bertz CT molecular complexity index is 201. The molecule has 0 unspecified atom stereocenters. The molecule has 10 heavy (non-hydrogen) atoms. The van der Waals surface area contributed by atoms with Gasteiger partial charge in [0.05, 0.1) is 0 Å². The molecule has 0 spiro atoms. The fraction of sp³-hybridized carbons (Fsp3) is 0.111. The topological polar surface area (TPSA) is 0 Å². The summed E-state index contributed by atoms with van der Waals surface area (Å²) in [5.74, 6) is 0. The van der Waals surface area contributed by atoms with Crippen LogP contribution < -0.4 is 0 Å². The van der Waals surface area contributed by atoms with Crippen molar-refractivity contribution in [3.63, 3.8) is 0 Å². The van der Waals surface area contributed by atoms with Gasteiger partial charge in [0.25, 0.3) is 0 Å². The minimum absolute atomic E-state index is 0. The van der Waals surface area contributed by atoms with Crippen LogP contribution in [0.4, 0.5) is 0 Å². The van der Waals surface area contributed by atoms with E-state index >= 15 is 0 Å². The quantitative estimate of drug-likeness (QED) is 0.618. The van der Waals surface area contributed by atoms with Crippen LogP contribution in [0.25, 0.3) is 5.57 Å². The van der Waals surface area contributed by atoms with Crippen LogP contribution in [0.5, 0.6) is 0 Å². The second-order valence-corrected chi connectivity index (χ2v) is 2.15. The zero-order valence-corrected chi connectivity index (χ0v) is 9.78. The van der Waals surface area contributed by atoms with Gasteiger partial charge in [0.1, 0.15) is 0 Å². The standard InChI is InChI=1S/C9H10.Sr/c1-8(2)9-6-4-3-5-7-9;/h3-7H,1H2,2H3;/q;+2. The van der Waals surface area contributed by atoms with Gasteiger partial charge in [-0.25, -0.2) is 0 Å². The summed E-state index contributed by atoms with van der Waals surface area (Å²) in [7, 11) is 0. The van der Waals surface area contributed by atoms with Gasteiger partial charge < -0.3 is 0 Å². The maximum atomic E-state index is 3.83. The fourth-order valence-corrected chi connectivity index (χ4v) is 0.723. The van der Waals surface area contributed by atoms with E-state index in [1.54, 1.807) is 0 Å². The first-order chi connectivity index (χ1) is 4.30. The normalized spacial score (nSPS) is 8.10. The number of allylic oxidation sites excluding steroid dienone is 1. The smallest absolute Gasteiger partial charge is 0.0955 e. The third-order valence-electron chi connectivity index (χ3n) is 1.27. The van der Waals surface area contributed by atoms with Crippen molar-refractivity contribution in [2.45, 2.75) is 6.92 Å². The van der Waals surface area contributed by atoms with E-state index in [0.29, 0.717) is 0 Å². The molecule has 0 fully saturated rings. The molecule has 46 valence electrons. The molecule has 1 heteroatoms. The summed E-state index contributed by atoms with van der Waals surface area (Å²) in [6.45, 7) is 5.83. The monoisotopic (exact) mass is 206 g/mol. The van der Waals surface area contributed by atoms with Gasteiger partial charge in [-0.15, -0.1) is 0 Å². The largest absolute Gasteiger partial charge is 2.00 e. The summed E-state index contributed by atoms with van der Waals surface area (Å²) in [6, 6.07) is 10.2. The first-order valence-electron chi connectivity index (χ1n) is 3.01. The summed E-state index contributed by atoms with van der Waals surface area (Å²) in [5.41, 5.74) is 2.34. The summed E-state index contributed by atoms with van der Waals surface area (Å²) < 4.78 is 0. The summed E-state index contributed by atoms with van der Waals surface area (Å²) >= 11 is 0. The molecular weight excluding hydrogens is 196 g/mol. The van der Waals surface area contributed by atoms with E-state index in [-0.39, 0.29) is 45.5 Å². The summed E-state index contributed by atoms with van der Waals surface area (Å²) in [5, 5.41) is 0. The summed E-state index contributed by atoms with van der Waals surface area (Å²) in [6.07, 6.45) is 0. The van der Waals surface area contributed by atoms with E-state index in [1.165, 1.54) is 5.56 Å². The molecule has 0 aliphatic heterocycles. The van der Waals surface area contributed by atoms with Crippen LogP contribution in [0.15, 0.2) is 36.9 Å². The van der Waals surface area contributed by atoms with Gasteiger partial charge in [0.2, 0.25) is 0 Å². The van der Waals surface area contributed by atoms with Gasteiger partial charge in [-0.1, -0.05) is 42.5 Å². The van der Waals surface area contributed by atoms with Gasteiger partial charge >= 0.3 is 45.5 Å². The molecule has 0 nitrogen and oxygen atoms in total. The predicted octanol–water partition coefficient (Wildman–Crippen LogP) is 2.34.